The van der Waals surface area contributed by atoms with Gasteiger partial charge in [0.05, 0.1) is 5.52 Å². The SMILES string of the molecule is CN(C)c1ccc2[nH]c(C(C)(C)C3CCCNC3)nc2n1. The number of H-pyrrole nitrogens is 1. The van der Waals surface area contributed by atoms with Crippen molar-refractivity contribution >= 4 is 17.0 Å². The predicted molar refractivity (Wildman–Crippen MR) is 86.8 cm³/mol. The first-order valence-electron chi connectivity index (χ1n) is 7.74. The number of hydrogen-bond donors (Lipinski definition) is 2. The van der Waals surface area contributed by atoms with Crippen LogP contribution in [0.15, 0.2) is 12.1 Å². The average molecular weight is 287 g/mol. The molecule has 0 amide bonds. The third-order valence-corrected chi connectivity index (χ3v) is 4.72. The van der Waals surface area contributed by atoms with Gasteiger partial charge in [0, 0.05) is 19.5 Å². The summed E-state index contributed by atoms with van der Waals surface area (Å²) in [6, 6.07) is 4.10. The second kappa shape index (κ2) is 5.30. The van der Waals surface area contributed by atoms with Gasteiger partial charge in [-0.25, -0.2) is 9.97 Å². The molecule has 1 fully saturated rings. The molecule has 2 aromatic heterocycles. The van der Waals surface area contributed by atoms with E-state index >= 15 is 0 Å². The lowest BCUT2D eigenvalue weighted by Crippen LogP contribution is -2.41. The molecule has 3 rings (SSSR count). The van der Waals surface area contributed by atoms with Crippen molar-refractivity contribution in [3.8, 4) is 0 Å². The summed E-state index contributed by atoms with van der Waals surface area (Å²) in [5, 5.41) is 3.50. The molecule has 1 saturated heterocycles. The minimum Gasteiger partial charge on any atom is -0.363 e. The largest absolute Gasteiger partial charge is 0.363 e. The molecular weight excluding hydrogens is 262 g/mol. The maximum atomic E-state index is 4.78. The van der Waals surface area contributed by atoms with E-state index in [1.165, 1.54) is 12.8 Å². The maximum absolute atomic E-state index is 4.78. The van der Waals surface area contributed by atoms with E-state index in [0.29, 0.717) is 5.92 Å². The summed E-state index contributed by atoms with van der Waals surface area (Å²) >= 11 is 0. The minimum atomic E-state index is 0.0341. The number of rotatable bonds is 3. The van der Waals surface area contributed by atoms with Crippen LogP contribution in [0.1, 0.15) is 32.5 Å². The van der Waals surface area contributed by atoms with E-state index in [2.05, 4.69) is 35.2 Å². The third kappa shape index (κ3) is 2.62. The number of hydrogen-bond acceptors (Lipinski definition) is 4. The van der Waals surface area contributed by atoms with Gasteiger partial charge in [0.2, 0.25) is 0 Å². The average Bonchev–Trinajstić information content (AvgIpc) is 2.91. The highest BCUT2D eigenvalue weighted by molar-refractivity contribution is 5.73. The molecule has 1 aliphatic heterocycles. The Morgan fingerprint density at radius 3 is 2.71 bits per heavy atom. The lowest BCUT2D eigenvalue weighted by molar-refractivity contribution is 0.243. The topological polar surface area (TPSA) is 56.8 Å². The van der Waals surface area contributed by atoms with Crippen LogP contribution in [-0.2, 0) is 5.41 Å². The molecule has 2 N–H and O–H groups in total. The molecule has 5 nitrogen and oxygen atoms in total. The molecular formula is C16H25N5. The van der Waals surface area contributed by atoms with Crippen LogP contribution in [0, 0.1) is 5.92 Å². The zero-order valence-corrected chi connectivity index (χ0v) is 13.4. The summed E-state index contributed by atoms with van der Waals surface area (Å²) in [7, 11) is 4.00. The summed E-state index contributed by atoms with van der Waals surface area (Å²) in [6.45, 7) is 6.78. The fourth-order valence-electron chi connectivity index (χ4n) is 3.10. The normalized spacial score (nSPS) is 19.9. The Morgan fingerprint density at radius 1 is 1.24 bits per heavy atom. The van der Waals surface area contributed by atoms with Crippen molar-refractivity contribution in [1.82, 2.24) is 20.3 Å². The molecule has 114 valence electrons. The van der Waals surface area contributed by atoms with Crippen LogP contribution in [-0.4, -0.2) is 42.1 Å². The van der Waals surface area contributed by atoms with Gasteiger partial charge >= 0.3 is 0 Å². The fraction of sp³-hybridized carbons (Fsp3) is 0.625. The molecule has 2 aromatic rings. The monoisotopic (exact) mass is 287 g/mol. The van der Waals surface area contributed by atoms with Crippen molar-refractivity contribution in [2.24, 2.45) is 5.92 Å². The van der Waals surface area contributed by atoms with E-state index in [4.69, 9.17) is 4.98 Å². The van der Waals surface area contributed by atoms with Crippen LogP contribution in [0.4, 0.5) is 5.82 Å². The number of nitrogens with one attached hydrogen (secondary N) is 2. The Labute approximate surface area is 126 Å². The van der Waals surface area contributed by atoms with Gasteiger partial charge < -0.3 is 15.2 Å². The van der Waals surface area contributed by atoms with Crippen molar-refractivity contribution in [2.45, 2.75) is 32.1 Å². The first-order valence-corrected chi connectivity index (χ1v) is 7.74. The summed E-state index contributed by atoms with van der Waals surface area (Å²) in [4.78, 5) is 14.9. The van der Waals surface area contributed by atoms with Crippen molar-refractivity contribution in [3.63, 3.8) is 0 Å². The number of imidazole rings is 1. The smallest absolute Gasteiger partial charge is 0.179 e. The van der Waals surface area contributed by atoms with Crippen molar-refractivity contribution < 1.29 is 0 Å². The lowest BCUT2D eigenvalue weighted by atomic mass is 9.74. The van der Waals surface area contributed by atoms with Gasteiger partial charge in [-0.05, 0) is 44.0 Å². The van der Waals surface area contributed by atoms with Gasteiger partial charge in [-0.1, -0.05) is 13.8 Å². The van der Waals surface area contributed by atoms with Crippen LogP contribution < -0.4 is 10.2 Å². The number of piperidine rings is 1. The van der Waals surface area contributed by atoms with Crippen LogP contribution >= 0.6 is 0 Å². The van der Waals surface area contributed by atoms with E-state index in [0.717, 1.165) is 35.9 Å². The standard InChI is InChI=1S/C16H25N5/c1-16(2,11-6-5-9-17-10-11)15-18-12-7-8-13(21(3)4)19-14(12)20-15/h7-8,11,17H,5-6,9-10H2,1-4H3,(H,18,19,20). The molecule has 1 unspecified atom stereocenters. The summed E-state index contributed by atoms with van der Waals surface area (Å²) in [5.41, 5.74) is 1.87. The molecule has 21 heavy (non-hydrogen) atoms. The highest BCUT2D eigenvalue weighted by Gasteiger charge is 2.35. The number of pyridine rings is 1. The number of aromatic nitrogens is 3. The van der Waals surface area contributed by atoms with Gasteiger partial charge in [-0.2, -0.15) is 0 Å². The Hall–Kier alpha value is -1.62. The predicted octanol–water partition coefficient (Wildman–Crippen LogP) is 2.30. The number of fused-ring (bicyclic) bond motifs is 1. The molecule has 0 bridgehead atoms. The van der Waals surface area contributed by atoms with Crippen LogP contribution in [0.2, 0.25) is 0 Å². The molecule has 1 atom stereocenters. The van der Waals surface area contributed by atoms with Gasteiger partial charge in [0.15, 0.2) is 5.65 Å². The second-order valence-electron chi connectivity index (χ2n) is 6.79. The molecule has 0 aromatic carbocycles. The van der Waals surface area contributed by atoms with Gasteiger partial charge in [-0.15, -0.1) is 0 Å². The first kappa shape index (κ1) is 14.3. The molecule has 0 radical (unpaired) electrons. The molecule has 1 aliphatic rings. The molecule has 3 heterocycles. The van der Waals surface area contributed by atoms with Crippen LogP contribution in [0.5, 0.6) is 0 Å². The second-order valence-corrected chi connectivity index (χ2v) is 6.79. The number of nitrogens with zero attached hydrogens (tertiary/aromatic N) is 3. The summed E-state index contributed by atoms with van der Waals surface area (Å²) in [5.74, 6) is 2.60. The molecule has 0 spiro atoms. The Morgan fingerprint density at radius 2 is 2.05 bits per heavy atom. The van der Waals surface area contributed by atoms with Crippen molar-refractivity contribution in [2.75, 3.05) is 32.1 Å². The van der Waals surface area contributed by atoms with Gasteiger partial charge in [0.25, 0.3) is 0 Å². The van der Waals surface area contributed by atoms with Crippen molar-refractivity contribution in [3.05, 3.63) is 18.0 Å². The number of aromatic amines is 1. The fourth-order valence-corrected chi connectivity index (χ4v) is 3.10. The van der Waals surface area contributed by atoms with E-state index in [-0.39, 0.29) is 5.41 Å². The van der Waals surface area contributed by atoms with Gasteiger partial charge in [0.1, 0.15) is 11.6 Å². The van der Waals surface area contributed by atoms with E-state index < -0.39 is 0 Å². The zero-order valence-electron chi connectivity index (χ0n) is 13.4. The van der Waals surface area contributed by atoms with E-state index in [1.54, 1.807) is 0 Å². The van der Waals surface area contributed by atoms with Crippen molar-refractivity contribution in [1.29, 1.82) is 0 Å². The third-order valence-electron chi connectivity index (χ3n) is 4.72. The first-order chi connectivity index (χ1) is 9.98. The Kier molecular flexibility index (Phi) is 3.61. The quantitative estimate of drug-likeness (QED) is 0.909. The number of anilines is 1. The van der Waals surface area contributed by atoms with Crippen LogP contribution in [0.25, 0.3) is 11.2 Å². The minimum absolute atomic E-state index is 0.0341. The van der Waals surface area contributed by atoms with Crippen LogP contribution in [0.3, 0.4) is 0 Å². The Bertz CT molecular complexity index is 623. The molecule has 0 saturated carbocycles. The summed E-state index contributed by atoms with van der Waals surface area (Å²) in [6.07, 6.45) is 2.50. The molecule has 0 aliphatic carbocycles. The highest BCUT2D eigenvalue weighted by Crippen LogP contribution is 2.34. The van der Waals surface area contributed by atoms with E-state index in [9.17, 15) is 0 Å². The Balaban J connectivity index is 1.95. The maximum Gasteiger partial charge on any atom is 0.179 e. The lowest BCUT2D eigenvalue weighted by Gasteiger charge is -2.35. The highest BCUT2D eigenvalue weighted by atomic mass is 15.2. The summed E-state index contributed by atoms with van der Waals surface area (Å²) < 4.78 is 0. The van der Waals surface area contributed by atoms with Gasteiger partial charge in [-0.3, -0.25) is 0 Å². The van der Waals surface area contributed by atoms with E-state index in [1.807, 2.05) is 25.1 Å². The zero-order chi connectivity index (χ0) is 15.0. The molecule has 5 heteroatoms.